The van der Waals surface area contributed by atoms with E-state index in [0.717, 1.165) is 17.8 Å². The molecule has 3 rings (SSSR count). The van der Waals surface area contributed by atoms with Gasteiger partial charge in [0, 0.05) is 43.3 Å². The summed E-state index contributed by atoms with van der Waals surface area (Å²) in [6.45, 7) is 0.800. The standard InChI is InChI=1S/C15H17FN4/c1-20(14-4-2-3-12(16)7-14)15-18-9-11(10-19-15)8-17-13-5-6-13/h2-4,7,9-10,13,17H,5-6,8H2,1H3. The number of hydrogen-bond acceptors (Lipinski definition) is 4. The van der Waals surface area contributed by atoms with Crippen LogP contribution in [0.4, 0.5) is 16.0 Å². The Morgan fingerprint density at radius 3 is 2.70 bits per heavy atom. The van der Waals surface area contributed by atoms with Crippen molar-refractivity contribution in [2.45, 2.75) is 25.4 Å². The zero-order valence-corrected chi connectivity index (χ0v) is 11.4. The van der Waals surface area contributed by atoms with E-state index in [4.69, 9.17) is 0 Å². The highest BCUT2D eigenvalue weighted by Crippen LogP contribution is 2.21. The topological polar surface area (TPSA) is 41.1 Å². The van der Waals surface area contributed by atoms with Crippen LogP contribution in [0.3, 0.4) is 0 Å². The molecule has 2 aromatic rings. The number of anilines is 2. The lowest BCUT2D eigenvalue weighted by Crippen LogP contribution is -2.17. The molecule has 1 N–H and O–H groups in total. The van der Waals surface area contributed by atoms with Crippen molar-refractivity contribution >= 4 is 11.6 Å². The molecule has 0 amide bonds. The van der Waals surface area contributed by atoms with E-state index < -0.39 is 0 Å². The lowest BCUT2D eigenvalue weighted by atomic mass is 10.3. The fraction of sp³-hybridized carbons (Fsp3) is 0.333. The smallest absolute Gasteiger partial charge is 0.229 e. The summed E-state index contributed by atoms with van der Waals surface area (Å²) in [4.78, 5) is 10.4. The van der Waals surface area contributed by atoms with Crippen LogP contribution >= 0.6 is 0 Å². The number of nitrogens with one attached hydrogen (secondary N) is 1. The summed E-state index contributed by atoms with van der Waals surface area (Å²) in [7, 11) is 1.83. The van der Waals surface area contributed by atoms with Crippen LogP contribution in [0.15, 0.2) is 36.7 Å². The molecule has 0 aliphatic heterocycles. The highest BCUT2D eigenvalue weighted by atomic mass is 19.1. The van der Waals surface area contributed by atoms with Gasteiger partial charge in [0.1, 0.15) is 5.82 Å². The summed E-state index contributed by atoms with van der Waals surface area (Å²) < 4.78 is 13.2. The average Bonchev–Trinajstić information content (AvgIpc) is 3.29. The fourth-order valence-electron chi connectivity index (χ4n) is 1.96. The van der Waals surface area contributed by atoms with E-state index in [9.17, 15) is 4.39 Å². The van der Waals surface area contributed by atoms with Gasteiger partial charge in [0.05, 0.1) is 0 Å². The summed E-state index contributed by atoms with van der Waals surface area (Å²) in [6.07, 6.45) is 6.16. The minimum Gasteiger partial charge on any atom is -0.314 e. The van der Waals surface area contributed by atoms with E-state index >= 15 is 0 Å². The normalized spacial score (nSPS) is 14.3. The van der Waals surface area contributed by atoms with E-state index in [0.29, 0.717) is 12.0 Å². The zero-order valence-electron chi connectivity index (χ0n) is 11.4. The van der Waals surface area contributed by atoms with E-state index in [1.807, 2.05) is 25.5 Å². The molecule has 4 nitrogen and oxygen atoms in total. The molecule has 0 unspecified atom stereocenters. The monoisotopic (exact) mass is 272 g/mol. The largest absolute Gasteiger partial charge is 0.314 e. The number of aromatic nitrogens is 2. The Morgan fingerprint density at radius 2 is 2.05 bits per heavy atom. The lowest BCUT2D eigenvalue weighted by molar-refractivity contribution is 0.628. The second-order valence-electron chi connectivity index (χ2n) is 5.09. The van der Waals surface area contributed by atoms with Crippen molar-refractivity contribution < 1.29 is 4.39 Å². The van der Waals surface area contributed by atoms with Crippen LogP contribution in [0, 0.1) is 5.82 Å². The molecule has 1 aromatic heterocycles. The molecule has 5 heteroatoms. The van der Waals surface area contributed by atoms with Crippen LogP contribution in [-0.2, 0) is 6.54 Å². The molecule has 0 spiro atoms. The first-order valence-corrected chi connectivity index (χ1v) is 6.76. The molecule has 104 valence electrons. The summed E-state index contributed by atoms with van der Waals surface area (Å²) in [5.74, 6) is 0.297. The molecular formula is C15H17FN4. The first-order chi connectivity index (χ1) is 9.72. The highest BCUT2D eigenvalue weighted by molar-refractivity contribution is 5.55. The molecule has 1 aliphatic rings. The minimum atomic E-state index is -0.264. The fourth-order valence-corrected chi connectivity index (χ4v) is 1.96. The van der Waals surface area contributed by atoms with Gasteiger partial charge < -0.3 is 10.2 Å². The maximum atomic E-state index is 13.2. The van der Waals surface area contributed by atoms with Gasteiger partial charge in [0.2, 0.25) is 5.95 Å². The first-order valence-electron chi connectivity index (χ1n) is 6.76. The van der Waals surface area contributed by atoms with E-state index in [2.05, 4.69) is 15.3 Å². The van der Waals surface area contributed by atoms with Crippen molar-refractivity contribution in [3.05, 3.63) is 48.0 Å². The molecule has 20 heavy (non-hydrogen) atoms. The number of hydrogen-bond donors (Lipinski definition) is 1. The van der Waals surface area contributed by atoms with Gasteiger partial charge in [-0.3, -0.25) is 0 Å². The SMILES string of the molecule is CN(c1cccc(F)c1)c1ncc(CNC2CC2)cn1. The molecule has 0 bridgehead atoms. The van der Waals surface area contributed by atoms with Gasteiger partial charge in [-0.1, -0.05) is 6.07 Å². The van der Waals surface area contributed by atoms with Crippen LogP contribution in [0.2, 0.25) is 0 Å². The van der Waals surface area contributed by atoms with Gasteiger partial charge in [-0.15, -0.1) is 0 Å². The van der Waals surface area contributed by atoms with E-state index in [1.54, 1.807) is 11.0 Å². The highest BCUT2D eigenvalue weighted by Gasteiger charge is 2.20. The second-order valence-corrected chi connectivity index (χ2v) is 5.09. The molecular weight excluding hydrogens is 255 g/mol. The van der Waals surface area contributed by atoms with Gasteiger partial charge in [0.15, 0.2) is 0 Å². The van der Waals surface area contributed by atoms with E-state index in [-0.39, 0.29) is 5.82 Å². The quantitative estimate of drug-likeness (QED) is 0.908. The summed E-state index contributed by atoms with van der Waals surface area (Å²) in [5.41, 5.74) is 1.79. The molecule has 0 saturated heterocycles. The van der Waals surface area contributed by atoms with Crippen molar-refractivity contribution in [3.63, 3.8) is 0 Å². The van der Waals surface area contributed by atoms with Gasteiger partial charge in [-0.2, -0.15) is 0 Å². The Hall–Kier alpha value is -2.01. The summed E-state index contributed by atoms with van der Waals surface area (Å²) in [5, 5.41) is 3.42. The molecule has 1 aromatic carbocycles. The molecule has 1 heterocycles. The number of rotatable bonds is 5. The second kappa shape index (κ2) is 5.54. The van der Waals surface area contributed by atoms with Crippen molar-refractivity contribution in [2.24, 2.45) is 0 Å². The van der Waals surface area contributed by atoms with Crippen LogP contribution in [0.1, 0.15) is 18.4 Å². The van der Waals surface area contributed by atoms with Crippen molar-refractivity contribution in [1.82, 2.24) is 15.3 Å². The van der Waals surface area contributed by atoms with Crippen molar-refractivity contribution in [2.75, 3.05) is 11.9 Å². The third-order valence-electron chi connectivity index (χ3n) is 3.36. The third kappa shape index (κ3) is 3.11. The number of benzene rings is 1. The average molecular weight is 272 g/mol. The number of nitrogens with zero attached hydrogens (tertiary/aromatic N) is 3. The maximum absolute atomic E-state index is 13.2. The Bertz CT molecular complexity index is 581. The molecule has 0 atom stereocenters. The molecule has 1 fully saturated rings. The van der Waals surface area contributed by atoms with Gasteiger partial charge in [0.25, 0.3) is 0 Å². The molecule has 1 saturated carbocycles. The molecule has 0 radical (unpaired) electrons. The van der Waals surface area contributed by atoms with Gasteiger partial charge >= 0.3 is 0 Å². The van der Waals surface area contributed by atoms with Gasteiger partial charge in [-0.05, 0) is 31.0 Å². The third-order valence-corrected chi connectivity index (χ3v) is 3.36. The van der Waals surface area contributed by atoms with Crippen molar-refractivity contribution in [3.8, 4) is 0 Å². The van der Waals surface area contributed by atoms with Crippen LogP contribution in [0.25, 0.3) is 0 Å². The van der Waals surface area contributed by atoms with Crippen LogP contribution < -0.4 is 10.2 Å². The Kier molecular flexibility index (Phi) is 3.60. The van der Waals surface area contributed by atoms with E-state index in [1.165, 1.54) is 25.0 Å². The van der Waals surface area contributed by atoms with Crippen LogP contribution in [0.5, 0.6) is 0 Å². The van der Waals surface area contributed by atoms with Crippen molar-refractivity contribution in [1.29, 1.82) is 0 Å². The predicted molar refractivity (Wildman–Crippen MR) is 76.4 cm³/mol. The Labute approximate surface area is 117 Å². The molecule has 1 aliphatic carbocycles. The summed E-state index contributed by atoms with van der Waals surface area (Å²) in [6, 6.07) is 7.06. The zero-order chi connectivity index (χ0) is 13.9. The lowest BCUT2D eigenvalue weighted by Gasteiger charge is -2.17. The predicted octanol–water partition coefficient (Wildman–Crippen LogP) is 2.64. The minimum absolute atomic E-state index is 0.264. The first kappa shape index (κ1) is 13.0. The summed E-state index contributed by atoms with van der Waals surface area (Å²) >= 11 is 0. The van der Waals surface area contributed by atoms with Gasteiger partial charge in [-0.25, -0.2) is 14.4 Å². The maximum Gasteiger partial charge on any atom is 0.229 e. The number of halogens is 1. The van der Waals surface area contributed by atoms with Crippen LogP contribution in [-0.4, -0.2) is 23.1 Å². The Balaban J connectivity index is 1.69. The Morgan fingerprint density at radius 1 is 1.30 bits per heavy atom.